The van der Waals surface area contributed by atoms with Crippen LogP contribution in [0.25, 0.3) is 11.0 Å². The topological polar surface area (TPSA) is 72.1 Å². The Morgan fingerprint density at radius 2 is 2.00 bits per heavy atom. The lowest BCUT2D eigenvalue weighted by Crippen LogP contribution is -2.45. The molecule has 1 amide bonds. The summed E-state index contributed by atoms with van der Waals surface area (Å²) in [5, 5.41) is 5.17. The van der Waals surface area contributed by atoms with Crippen molar-refractivity contribution in [1.29, 1.82) is 0 Å². The lowest BCUT2D eigenvalue weighted by molar-refractivity contribution is 0.0709. The predicted molar refractivity (Wildman–Crippen MR) is 99.0 cm³/mol. The maximum Gasteiger partial charge on any atom is 0.257 e. The molecule has 8 nitrogen and oxygen atoms in total. The van der Waals surface area contributed by atoms with Crippen LogP contribution in [-0.2, 0) is 14.1 Å². The van der Waals surface area contributed by atoms with Crippen molar-refractivity contribution in [2.75, 3.05) is 25.0 Å². The molecular weight excluding hydrogens is 330 g/mol. The van der Waals surface area contributed by atoms with E-state index in [0.29, 0.717) is 5.56 Å². The number of aromatic nitrogens is 5. The maximum atomic E-state index is 12.6. The number of rotatable bonds is 3. The van der Waals surface area contributed by atoms with Crippen LogP contribution in [0.2, 0.25) is 0 Å². The molecule has 4 heterocycles. The minimum atomic E-state index is 0.0315. The van der Waals surface area contributed by atoms with Crippen molar-refractivity contribution in [3.05, 3.63) is 36.5 Å². The highest BCUT2D eigenvalue weighted by Gasteiger charge is 2.28. The second-order valence-electron chi connectivity index (χ2n) is 6.90. The average Bonchev–Trinajstić information content (AvgIpc) is 3.27. The molecule has 1 fully saturated rings. The third kappa shape index (κ3) is 2.81. The Kier molecular flexibility index (Phi) is 4.10. The molecule has 0 saturated carbocycles. The van der Waals surface area contributed by atoms with Crippen molar-refractivity contribution in [2.24, 2.45) is 14.1 Å². The number of anilines is 1. The molecule has 0 spiro atoms. The summed E-state index contributed by atoms with van der Waals surface area (Å²) in [6, 6.07) is 2.29. The predicted octanol–water partition coefficient (Wildman–Crippen LogP) is 1.44. The lowest BCUT2D eigenvalue weighted by atomic mass is 10.0. The molecule has 4 rings (SSSR count). The Balaban J connectivity index is 1.46. The number of nitrogens with zero attached hydrogens (tertiary/aromatic N) is 7. The zero-order valence-corrected chi connectivity index (χ0v) is 15.3. The molecule has 0 bridgehead atoms. The summed E-state index contributed by atoms with van der Waals surface area (Å²) in [5.74, 6) is 1.01. The third-order valence-electron chi connectivity index (χ3n) is 5.22. The van der Waals surface area contributed by atoms with Crippen molar-refractivity contribution in [2.45, 2.75) is 18.9 Å². The van der Waals surface area contributed by atoms with Gasteiger partial charge in [-0.25, -0.2) is 9.97 Å². The normalized spacial score (nSPS) is 15.6. The number of piperidine rings is 1. The fourth-order valence-electron chi connectivity index (χ4n) is 3.68. The van der Waals surface area contributed by atoms with E-state index in [1.54, 1.807) is 23.4 Å². The van der Waals surface area contributed by atoms with E-state index in [4.69, 9.17) is 0 Å². The molecule has 0 atom stereocenters. The number of amides is 1. The second kappa shape index (κ2) is 6.44. The van der Waals surface area contributed by atoms with Crippen LogP contribution in [-0.4, -0.2) is 61.3 Å². The van der Waals surface area contributed by atoms with Gasteiger partial charge >= 0.3 is 0 Å². The first-order chi connectivity index (χ1) is 12.5. The standard InChI is InChI=1S/C18H23N7O/c1-22-7-6-15-16(22)19-12-20-17(15)25-8-4-14(5-9-25)24(3)18(26)13-10-21-23(2)11-13/h6-7,10-12,14H,4-5,8-9H2,1-3H3. The monoisotopic (exact) mass is 353 g/mol. The van der Waals surface area contributed by atoms with Crippen LogP contribution in [0.5, 0.6) is 0 Å². The van der Waals surface area contributed by atoms with Gasteiger partial charge in [-0.05, 0) is 18.9 Å². The minimum absolute atomic E-state index is 0.0315. The number of fused-ring (bicyclic) bond motifs is 1. The van der Waals surface area contributed by atoms with Gasteiger partial charge in [0.1, 0.15) is 17.8 Å². The van der Waals surface area contributed by atoms with Crippen LogP contribution in [0.15, 0.2) is 31.0 Å². The van der Waals surface area contributed by atoms with Crippen LogP contribution in [0.1, 0.15) is 23.2 Å². The summed E-state index contributed by atoms with van der Waals surface area (Å²) in [6.45, 7) is 1.74. The van der Waals surface area contributed by atoms with Gasteiger partial charge in [-0.3, -0.25) is 9.48 Å². The van der Waals surface area contributed by atoms with E-state index in [1.807, 2.05) is 36.8 Å². The molecule has 1 aliphatic heterocycles. The van der Waals surface area contributed by atoms with Crippen molar-refractivity contribution in [1.82, 2.24) is 29.2 Å². The highest BCUT2D eigenvalue weighted by atomic mass is 16.2. The van der Waals surface area contributed by atoms with E-state index >= 15 is 0 Å². The summed E-state index contributed by atoms with van der Waals surface area (Å²) in [4.78, 5) is 25.6. The average molecular weight is 353 g/mol. The van der Waals surface area contributed by atoms with Crippen molar-refractivity contribution in [3.63, 3.8) is 0 Å². The Labute approximate surface area is 152 Å². The summed E-state index contributed by atoms with van der Waals surface area (Å²) in [5.41, 5.74) is 1.58. The number of aryl methyl sites for hydroxylation is 2. The first kappa shape index (κ1) is 16.6. The van der Waals surface area contributed by atoms with E-state index in [2.05, 4.69) is 26.0 Å². The molecule has 26 heavy (non-hydrogen) atoms. The van der Waals surface area contributed by atoms with Crippen molar-refractivity contribution < 1.29 is 4.79 Å². The first-order valence-electron chi connectivity index (χ1n) is 8.81. The maximum absolute atomic E-state index is 12.6. The molecule has 8 heteroatoms. The fourth-order valence-corrected chi connectivity index (χ4v) is 3.68. The van der Waals surface area contributed by atoms with Gasteiger partial charge in [0.15, 0.2) is 0 Å². The van der Waals surface area contributed by atoms with E-state index < -0.39 is 0 Å². The van der Waals surface area contributed by atoms with Crippen molar-refractivity contribution in [3.8, 4) is 0 Å². The summed E-state index contributed by atoms with van der Waals surface area (Å²) >= 11 is 0. The molecular formula is C18H23N7O. The quantitative estimate of drug-likeness (QED) is 0.712. The fraction of sp³-hybridized carbons (Fsp3) is 0.444. The SMILES string of the molecule is CN(C(=O)c1cnn(C)c1)C1CCN(c2ncnc3c2ccn3C)CC1. The zero-order valence-electron chi connectivity index (χ0n) is 15.3. The zero-order chi connectivity index (χ0) is 18.3. The van der Waals surface area contributed by atoms with Gasteiger partial charge in [0.25, 0.3) is 5.91 Å². The lowest BCUT2D eigenvalue weighted by Gasteiger charge is -2.37. The van der Waals surface area contributed by atoms with Gasteiger partial charge in [0.2, 0.25) is 0 Å². The Morgan fingerprint density at radius 3 is 2.69 bits per heavy atom. The van der Waals surface area contributed by atoms with Gasteiger partial charge in [0.05, 0.1) is 17.1 Å². The Bertz CT molecular complexity index is 936. The molecule has 3 aromatic heterocycles. The molecule has 0 aromatic carbocycles. The molecule has 136 valence electrons. The molecule has 0 N–H and O–H groups in total. The third-order valence-corrected chi connectivity index (χ3v) is 5.22. The van der Waals surface area contributed by atoms with Gasteiger partial charge in [0, 0.05) is 52.7 Å². The molecule has 0 aliphatic carbocycles. The smallest absolute Gasteiger partial charge is 0.257 e. The summed E-state index contributed by atoms with van der Waals surface area (Å²) < 4.78 is 3.66. The molecule has 1 aliphatic rings. The van der Waals surface area contributed by atoms with Crippen LogP contribution in [0, 0.1) is 0 Å². The van der Waals surface area contributed by atoms with E-state index in [1.165, 1.54) is 0 Å². The van der Waals surface area contributed by atoms with Crippen LogP contribution in [0.4, 0.5) is 5.82 Å². The largest absolute Gasteiger partial charge is 0.356 e. The van der Waals surface area contributed by atoms with Crippen LogP contribution >= 0.6 is 0 Å². The van der Waals surface area contributed by atoms with Gasteiger partial charge in [-0.2, -0.15) is 5.10 Å². The molecule has 1 saturated heterocycles. The number of hydrogen-bond acceptors (Lipinski definition) is 5. The molecule has 0 unspecified atom stereocenters. The van der Waals surface area contributed by atoms with Crippen LogP contribution in [0.3, 0.4) is 0 Å². The van der Waals surface area contributed by atoms with Gasteiger partial charge in [-0.15, -0.1) is 0 Å². The first-order valence-corrected chi connectivity index (χ1v) is 8.81. The number of carbonyl (C=O) groups is 1. The molecule has 3 aromatic rings. The highest BCUT2D eigenvalue weighted by Crippen LogP contribution is 2.27. The summed E-state index contributed by atoms with van der Waals surface area (Å²) in [6.07, 6.45) is 8.86. The number of carbonyl (C=O) groups excluding carboxylic acids is 1. The second-order valence-corrected chi connectivity index (χ2v) is 6.90. The highest BCUT2D eigenvalue weighted by molar-refractivity contribution is 5.93. The van der Waals surface area contributed by atoms with E-state index in [-0.39, 0.29) is 11.9 Å². The van der Waals surface area contributed by atoms with E-state index in [0.717, 1.165) is 42.8 Å². The Morgan fingerprint density at radius 1 is 1.23 bits per heavy atom. The van der Waals surface area contributed by atoms with E-state index in [9.17, 15) is 4.79 Å². The van der Waals surface area contributed by atoms with Gasteiger partial charge in [-0.1, -0.05) is 0 Å². The Hall–Kier alpha value is -2.90. The molecule has 0 radical (unpaired) electrons. The van der Waals surface area contributed by atoms with Crippen LogP contribution < -0.4 is 4.90 Å². The van der Waals surface area contributed by atoms with Crippen molar-refractivity contribution >= 4 is 22.8 Å². The summed E-state index contributed by atoms with van der Waals surface area (Å²) in [7, 11) is 5.70. The minimum Gasteiger partial charge on any atom is -0.356 e. The van der Waals surface area contributed by atoms with Gasteiger partial charge < -0.3 is 14.4 Å². The number of hydrogen-bond donors (Lipinski definition) is 0.